The average Bonchev–Trinajstić information content (AvgIpc) is 2.70. The highest BCUT2D eigenvalue weighted by molar-refractivity contribution is 8.14. The number of rotatable bonds is 4. The molecule has 3 aromatic rings. The van der Waals surface area contributed by atoms with Crippen LogP contribution >= 0.6 is 58.2 Å². The molecule has 3 aromatic carbocycles. The number of phenols is 2. The van der Waals surface area contributed by atoms with Crippen LogP contribution in [0, 0.1) is 0 Å². The van der Waals surface area contributed by atoms with E-state index in [0.29, 0.717) is 10.6 Å². The maximum atomic E-state index is 12.7. The van der Waals surface area contributed by atoms with Crippen molar-refractivity contribution >= 4 is 74.9 Å². The number of para-hydroxylation sites is 1. The highest BCUT2D eigenvalue weighted by Gasteiger charge is 2.18. The van der Waals surface area contributed by atoms with E-state index in [1.54, 1.807) is 24.3 Å². The Kier molecular flexibility index (Phi) is 7.06. The molecular formula is C20H11Cl4NO4S. The molecule has 0 spiro atoms. The molecule has 10 heteroatoms. The molecule has 0 saturated carbocycles. The maximum absolute atomic E-state index is 12.7. The minimum atomic E-state index is -0.532. The number of hydrogen-bond donors (Lipinski definition) is 3. The second-order valence-electron chi connectivity index (χ2n) is 5.92. The van der Waals surface area contributed by atoms with Crippen molar-refractivity contribution in [1.82, 2.24) is 0 Å². The molecule has 0 atom stereocenters. The SMILES string of the molecule is O=C(Nc1ccccc1SC(=O)c1cc(Cl)c(O)c(Cl)c1)c1cc(Cl)c(O)c(Cl)c1. The van der Waals surface area contributed by atoms with Crippen molar-refractivity contribution in [1.29, 1.82) is 0 Å². The van der Waals surface area contributed by atoms with Crippen molar-refractivity contribution in [3.05, 3.63) is 79.7 Å². The van der Waals surface area contributed by atoms with Crippen molar-refractivity contribution < 1.29 is 19.8 Å². The predicted molar refractivity (Wildman–Crippen MR) is 121 cm³/mol. The van der Waals surface area contributed by atoms with Gasteiger partial charge >= 0.3 is 0 Å². The second kappa shape index (κ2) is 9.37. The number of hydrogen-bond acceptors (Lipinski definition) is 5. The Hall–Kier alpha value is -2.09. The number of phenolic OH excluding ortho intramolecular Hbond substituents is 2. The van der Waals surface area contributed by atoms with Crippen molar-refractivity contribution in [3.63, 3.8) is 0 Å². The Morgan fingerprint density at radius 1 is 0.767 bits per heavy atom. The molecule has 5 nitrogen and oxygen atoms in total. The molecule has 1 amide bonds. The summed E-state index contributed by atoms with van der Waals surface area (Å²) >= 11 is 24.3. The molecule has 0 aliphatic heterocycles. The summed E-state index contributed by atoms with van der Waals surface area (Å²) in [7, 11) is 0. The van der Waals surface area contributed by atoms with Gasteiger partial charge in [0.2, 0.25) is 5.12 Å². The number of halogens is 4. The smallest absolute Gasteiger partial charge is 0.255 e. The number of amides is 1. The van der Waals surface area contributed by atoms with Gasteiger partial charge in [-0.2, -0.15) is 0 Å². The fourth-order valence-electron chi connectivity index (χ4n) is 2.39. The first-order valence-corrected chi connectivity index (χ1v) is 10.5. The standard InChI is InChI=1S/C20H11Cl4NO4S/c21-11-5-9(6-12(22)17(11)26)19(28)25-15-3-1-2-4-16(15)30-20(29)10-7-13(23)18(27)14(24)8-10/h1-8,26-27H,(H,25,28). The molecule has 0 heterocycles. The van der Waals surface area contributed by atoms with Crippen LogP contribution in [0.3, 0.4) is 0 Å². The molecule has 3 N–H and O–H groups in total. The van der Waals surface area contributed by atoms with Crippen LogP contribution in [0.25, 0.3) is 0 Å². The summed E-state index contributed by atoms with van der Waals surface area (Å²) in [5, 5.41) is 21.4. The van der Waals surface area contributed by atoms with Crippen LogP contribution in [-0.2, 0) is 0 Å². The summed E-state index contributed by atoms with van der Waals surface area (Å²) in [6.45, 7) is 0. The molecule has 0 aliphatic carbocycles. The van der Waals surface area contributed by atoms with Gasteiger partial charge in [-0.25, -0.2) is 0 Å². The van der Waals surface area contributed by atoms with Gasteiger partial charge in [-0.1, -0.05) is 58.5 Å². The Balaban J connectivity index is 1.84. The first kappa shape index (κ1) is 22.6. The van der Waals surface area contributed by atoms with Crippen LogP contribution in [0.15, 0.2) is 53.4 Å². The molecule has 0 unspecified atom stereocenters. The number of carbonyl (C=O) groups excluding carboxylic acids is 2. The van der Waals surface area contributed by atoms with Gasteiger partial charge in [-0.05, 0) is 48.2 Å². The van der Waals surface area contributed by atoms with Crippen LogP contribution < -0.4 is 5.32 Å². The molecule has 0 bridgehead atoms. The van der Waals surface area contributed by atoms with Gasteiger partial charge in [0.1, 0.15) is 0 Å². The molecule has 154 valence electrons. The van der Waals surface area contributed by atoms with Crippen LogP contribution in [-0.4, -0.2) is 21.2 Å². The van der Waals surface area contributed by atoms with Crippen LogP contribution in [0.1, 0.15) is 20.7 Å². The zero-order valence-electron chi connectivity index (χ0n) is 14.7. The third kappa shape index (κ3) is 4.96. The Morgan fingerprint density at radius 2 is 1.23 bits per heavy atom. The van der Waals surface area contributed by atoms with Crippen molar-refractivity contribution in [3.8, 4) is 11.5 Å². The number of thioether (sulfide) groups is 1. The summed E-state index contributed by atoms with van der Waals surface area (Å²) < 4.78 is 0. The van der Waals surface area contributed by atoms with E-state index in [1.165, 1.54) is 24.3 Å². The number of carbonyl (C=O) groups is 2. The van der Waals surface area contributed by atoms with Crippen LogP contribution in [0.4, 0.5) is 5.69 Å². The van der Waals surface area contributed by atoms with Gasteiger partial charge in [0.25, 0.3) is 5.91 Å². The number of nitrogens with one attached hydrogen (secondary N) is 1. The highest BCUT2D eigenvalue weighted by Crippen LogP contribution is 2.37. The molecule has 0 aliphatic rings. The lowest BCUT2D eigenvalue weighted by Gasteiger charge is -2.11. The van der Waals surface area contributed by atoms with Crippen molar-refractivity contribution in [2.75, 3.05) is 5.32 Å². The number of aromatic hydroxyl groups is 2. The van der Waals surface area contributed by atoms with E-state index in [-0.39, 0.29) is 42.7 Å². The summed E-state index contributed by atoms with van der Waals surface area (Å²) in [6.07, 6.45) is 0. The van der Waals surface area contributed by atoms with Crippen molar-refractivity contribution in [2.45, 2.75) is 4.90 Å². The zero-order valence-corrected chi connectivity index (χ0v) is 18.6. The topological polar surface area (TPSA) is 86.6 Å². The Bertz CT molecular complexity index is 1030. The summed E-state index contributed by atoms with van der Waals surface area (Å²) in [6, 6.07) is 11.8. The first-order valence-electron chi connectivity index (χ1n) is 8.16. The maximum Gasteiger partial charge on any atom is 0.255 e. The molecule has 0 fully saturated rings. The van der Waals surface area contributed by atoms with E-state index in [1.807, 2.05) is 0 Å². The predicted octanol–water partition coefficient (Wildman–Crippen LogP) is 6.90. The summed E-state index contributed by atoms with van der Waals surface area (Å²) in [5.74, 6) is -1.16. The van der Waals surface area contributed by atoms with Gasteiger partial charge in [0, 0.05) is 16.0 Å². The van der Waals surface area contributed by atoms with Gasteiger partial charge < -0.3 is 15.5 Å². The molecule has 0 radical (unpaired) electrons. The summed E-state index contributed by atoms with van der Waals surface area (Å²) in [5.41, 5.74) is 0.689. The minimum Gasteiger partial charge on any atom is -0.505 e. The fraction of sp³-hybridized carbons (Fsp3) is 0. The largest absolute Gasteiger partial charge is 0.505 e. The van der Waals surface area contributed by atoms with E-state index in [0.717, 1.165) is 11.8 Å². The number of benzene rings is 3. The van der Waals surface area contributed by atoms with Gasteiger partial charge in [-0.3, -0.25) is 9.59 Å². The Morgan fingerprint density at radius 3 is 1.77 bits per heavy atom. The van der Waals surface area contributed by atoms with Crippen molar-refractivity contribution in [2.24, 2.45) is 0 Å². The first-order chi connectivity index (χ1) is 14.2. The normalized spacial score (nSPS) is 10.7. The van der Waals surface area contributed by atoms with E-state index in [9.17, 15) is 19.8 Å². The number of anilines is 1. The fourth-order valence-corrected chi connectivity index (χ4v) is 4.18. The molecule has 30 heavy (non-hydrogen) atoms. The molecule has 3 rings (SSSR count). The summed E-state index contributed by atoms with van der Waals surface area (Å²) in [4.78, 5) is 25.7. The quantitative estimate of drug-likeness (QED) is 0.338. The van der Waals surface area contributed by atoms with Gasteiger partial charge in [0.05, 0.1) is 25.8 Å². The van der Waals surface area contributed by atoms with E-state index >= 15 is 0 Å². The molecule has 0 aromatic heterocycles. The van der Waals surface area contributed by atoms with E-state index in [2.05, 4.69) is 5.32 Å². The second-order valence-corrected chi connectivity index (χ2v) is 8.56. The lowest BCUT2D eigenvalue weighted by molar-refractivity contribution is 0.102. The lowest BCUT2D eigenvalue weighted by atomic mass is 10.2. The van der Waals surface area contributed by atoms with Gasteiger partial charge in [-0.15, -0.1) is 0 Å². The lowest BCUT2D eigenvalue weighted by Crippen LogP contribution is -2.12. The monoisotopic (exact) mass is 501 g/mol. The van der Waals surface area contributed by atoms with Gasteiger partial charge in [0.15, 0.2) is 11.5 Å². The van der Waals surface area contributed by atoms with Crippen LogP contribution in [0.5, 0.6) is 11.5 Å². The van der Waals surface area contributed by atoms with Crippen LogP contribution in [0.2, 0.25) is 20.1 Å². The van der Waals surface area contributed by atoms with E-state index in [4.69, 9.17) is 46.4 Å². The zero-order chi connectivity index (χ0) is 22.0. The average molecular weight is 503 g/mol. The highest BCUT2D eigenvalue weighted by atomic mass is 35.5. The minimum absolute atomic E-state index is 0.0471. The van der Waals surface area contributed by atoms with E-state index < -0.39 is 11.0 Å². The molecular weight excluding hydrogens is 492 g/mol. The third-order valence-corrected chi connectivity index (χ3v) is 6.02. The third-order valence-electron chi connectivity index (χ3n) is 3.87. The Labute approximate surface area is 195 Å². The molecule has 0 saturated heterocycles.